The number of anilines is 1. The van der Waals surface area contributed by atoms with E-state index in [1.807, 2.05) is 23.1 Å². The minimum absolute atomic E-state index is 0.0152. The Labute approximate surface area is 194 Å². The molecule has 2 aliphatic heterocycles. The first kappa shape index (κ1) is 22.0. The van der Waals surface area contributed by atoms with Crippen LogP contribution in [0, 0.1) is 5.82 Å². The molecule has 0 spiro atoms. The van der Waals surface area contributed by atoms with Gasteiger partial charge in [-0.2, -0.15) is 0 Å². The molecule has 0 radical (unpaired) electrons. The van der Waals surface area contributed by atoms with Crippen molar-refractivity contribution in [3.8, 4) is 0 Å². The van der Waals surface area contributed by atoms with E-state index in [0.29, 0.717) is 19.6 Å². The van der Waals surface area contributed by atoms with Crippen molar-refractivity contribution in [1.29, 1.82) is 0 Å². The topological polar surface area (TPSA) is 55.9 Å². The molecule has 1 saturated heterocycles. The maximum absolute atomic E-state index is 13.5. The van der Waals surface area contributed by atoms with Gasteiger partial charge in [0.1, 0.15) is 11.9 Å². The molecule has 7 heteroatoms. The van der Waals surface area contributed by atoms with Gasteiger partial charge in [-0.3, -0.25) is 19.4 Å². The van der Waals surface area contributed by atoms with Crippen molar-refractivity contribution in [3.63, 3.8) is 0 Å². The van der Waals surface area contributed by atoms with Crippen LogP contribution in [0.15, 0.2) is 48.5 Å². The third-order valence-electron chi connectivity index (χ3n) is 6.90. The summed E-state index contributed by atoms with van der Waals surface area (Å²) in [5.41, 5.74) is 3.09. The lowest BCUT2D eigenvalue weighted by Gasteiger charge is -2.39. The molecule has 1 atom stereocenters. The summed E-state index contributed by atoms with van der Waals surface area (Å²) in [6.07, 6.45) is 4.06. The van der Waals surface area contributed by atoms with Gasteiger partial charge in [-0.1, -0.05) is 30.3 Å². The molecular formula is C26H31FN4O2. The van der Waals surface area contributed by atoms with Crippen molar-refractivity contribution in [2.24, 2.45) is 0 Å². The molecule has 2 aromatic rings. The second-order valence-electron chi connectivity index (χ2n) is 9.33. The highest BCUT2D eigenvalue weighted by Gasteiger charge is 2.34. The molecule has 2 heterocycles. The monoisotopic (exact) mass is 450 g/mol. The van der Waals surface area contributed by atoms with Gasteiger partial charge in [-0.25, -0.2) is 4.39 Å². The quantitative estimate of drug-likeness (QED) is 0.736. The Morgan fingerprint density at radius 3 is 2.42 bits per heavy atom. The molecular weight excluding hydrogens is 419 g/mol. The van der Waals surface area contributed by atoms with Crippen molar-refractivity contribution in [3.05, 3.63) is 65.5 Å². The molecule has 2 fully saturated rings. The summed E-state index contributed by atoms with van der Waals surface area (Å²) in [4.78, 5) is 32.4. The molecule has 2 aromatic carbocycles. The van der Waals surface area contributed by atoms with Gasteiger partial charge in [0.05, 0.1) is 6.54 Å². The van der Waals surface area contributed by atoms with E-state index >= 15 is 0 Å². The zero-order valence-corrected chi connectivity index (χ0v) is 18.9. The first-order valence-corrected chi connectivity index (χ1v) is 12.0. The Morgan fingerprint density at radius 1 is 0.970 bits per heavy atom. The van der Waals surface area contributed by atoms with Crippen molar-refractivity contribution < 1.29 is 14.0 Å². The van der Waals surface area contributed by atoms with Gasteiger partial charge in [0.25, 0.3) is 0 Å². The number of hydrogen-bond acceptors (Lipinski definition) is 4. The summed E-state index contributed by atoms with van der Waals surface area (Å²) in [6.45, 7) is 3.96. The SMILES string of the molecule is O=C(NC1CC1)C(c1ccc(F)cc1)N1CCN(CC(=O)N2CCCc3ccccc32)CC1. The van der Waals surface area contributed by atoms with Gasteiger partial charge < -0.3 is 10.2 Å². The van der Waals surface area contributed by atoms with E-state index in [2.05, 4.69) is 21.2 Å². The van der Waals surface area contributed by atoms with E-state index in [9.17, 15) is 14.0 Å². The predicted molar refractivity (Wildman–Crippen MR) is 125 cm³/mol. The van der Waals surface area contributed by atoms with Gasteiger partial charge in [0.15, 0.2) is 0 Å². The smallest absolute Gasteiger partial charge is 0.242 e. The fourth-order valence-electron chi connectivity index (χ4n) is 4.93. The van der Waals surface area contributed by atoms with E-state index < -0.39 is 6.04 Å². The molecule has 1 N–H and O–H groups in total. The van der Waals surface area contributed by atoms with Crippen LogP contribution in [0.4, 0.5) is 10.1 Å². The molecule has 1 aliphatic carbocycles. The van der Waals surface area contributed by atoms with Crippen LogP contribution in [-0.4, -0.2) is 66.9 Å². The number of amides is 2. The van der Waals surface area contributed by atoms with Crippen LogP contribution >= 0.6 is 0 Å². The Hall–Kier alpha value is -2.77. The lowest BCUT2D eigenvalue weighted by molar-refractivity contribution is -0.128. The Bertz CT molecular complexity index is 1000. The van der Waals surface area contributed by atoms with Crippen LogP contribution in [0.2, 0.25) is 0 Å². The number of piperazine rings is 1. The van der Waals surface area contributed by atoms with E-state index in [1.54, 1.807) is 12.1 Å². The minimum atomic E-state index is -0.432. The summed E-state index contributed by atoms with van der Waals surface area (Å²) in [7, 11) is 0. The third kappa shape index (κ3) is 5.09. The minimum Gasteiger partial charge on any atom is -0.352 e. The fraction of sp³-hybridized carbons (Fsp3) is 0.462. The molecule has 174 valence electrons. The van der Waals surface area contributed by atoms with Crippen LogP contribution < -0.4 is 10.2 Å². The highest BCUT2D eigenvalue weighted by atomic mass is 19.1. The van der Waals surface area contributed by atoms with Crippen molar-refractivity contribution in [1.82, 2.24) is 15.1 Å². The van der Waals surface area contributed by atoms with Crippen LogP contribution in [0.1, 0.15) is 36.4 Å². The van der Waals surface area contributed by atoms with Gasteiger partial charge in [0, 0.05) is 44.5 Å². The molecule has 6 nitrogen and oxygen atoms in total. The molecule has 2 amide bonds. The van der Waals surface area contributed by atoms with E-state index in [0.717, 1.165) is 56.6 Å². The average Bonchev–Trinajstić information content (AvgIpc) is 3.65. The van der Waals surface area contributed by atoms with Crippen LogP contribution in [0.25, 0.3) is 0 Å². The van der Waals surface area contributed by atoms with E-state index in [-0.39, 0.29) is 23.7 Å². The molecule has 3 aliphatic rings. The number of halogens is 1. The molecule has 5 rings (SSSR count). The van der Waals surface area contributed by atoms with Crippen LogP contribution in [0.3, 0.4) is 0 Å². The Morgan fingerprint density at radius 2 is 1.70 bits per heavy atom. The van der Waals surface area contributed by atoms with Crippen LogP contribution in [-0.2, 0) is 16.0 Å². The maximum Gasteiger partial charge on any atom is 0.242 e. The second-order valence-corrected chi connectivity index (χ2v) is 9.33. The number of benzene rings is 2. The zero-order valence-electron chi connectivity index (χ0n) is 18.9. The summed E-state index contributed by atoms with van der Waals surface area (Å²) in [5, 5.41) is 3.11. The number of fused-ring (bicyclic) bond motifs is 1. The van der Waals surface area contributed by atoms with Gasteiger partial charge in [0.2, 0.25) is 11.8 Å². The Kier molecular flexibility index (Phi) is 6.42. The number of carbonyl (C=O) groups is 2. The second kappa shape index (κ2) is 9.61. The van der Waals surface area contributed by atoms with E-state index in [4.69, 9.17) is 0 Å². The largest absolute Gasteiger partial charge is 0.352 e. The number of rotatable bonds is 6. The number of para-hydroxylation sites is 1. The van der Waals surface area contributed by atoms with E-state index in [1.165, 1.54) is 17.7 Å². The maximum atomic E-state index is 13.5. The third-order valence-corrected chi connectivity index (χ3v) is 6.90. The summed E-state index contributed by atoms with van der Waals surface area (Å²) in [6, 6.07) is 14.2. The number of hydrogen-bond donors (Lipinski definition) is 1. The lowest BCUT2D eigenvalue weighted by Crippen LogP contribution is -2.53. The molecule has 0 bridgehead atoms. The fourth-order valence-corrected chi connectivity index (χ4v) is 4.93. The average molecular weight is 451 g/mol. The summed E-state index contributed by atoms with van der Waals surface area (Å²) < 4.78 is 13.5. The van der Waals surface area contributed by atoms with Crippen molar-refractivity contribution >= 4 is 17.5 Å². The Balaban J connectivity index is 1.22. The van der Waals surface area contributed by atoms with Crippen LogP contribution in [0.5, 0.6) is 0 Å². The summed E-state index contributed by atoms with van der Waals surface area (Å²) in [5.74, 6) is -0.182. The first-order chi connectivity index (χ1) is 16.1. The van der Waals surface area contributed by atoms with Crippen molar-refractivity contribution in [2.45, 2.75) is 37.8 Å². The highest BCUT2D eigenvalue weighted by molar-refractivity contribution is 5.96. The zero-order chi connectivity index (χ0) is 22.8. The number of nitrogens with one attached hydrogen (secondary N) is 1. The normalized spacial score (nSPS) is 20.2. The molecule has 1 unspecified atom stereocenters. The lowest BCUT2D eigenvalue weighted by atomic mass is 10.0. The number of carbonyl (C=O) groups excluding carboxylic acids is 2. The number of aryl methyl sites for hydroxylation is 1. The van der Waals surface area contributed by atoms with Gasteiger partial charge in [-0.15, -0.1) is 0 Å². The molecule has 1 saturated carbocycles. The predicted octanol–water partition coefficient (Wildman–Crippen LogP) is 2.74. The van der Waals surface area contributed by atoms with Gasteiger partial charge in [-0.05, 0) is 55.0 Å². The van der Waals surface area contributed by atoms with Crippen molar-refractivity contribution in [2.75, 3.05) is 44.2 Å². The molecule has 33 heavy (non-hydrogen) atoms. The number of nitrogens with zero attached hydrogens (tertiary/aromatic N) is 3. The summed E-state index contributed by atoms with van der Waals surface area (Å²) >= 11 is 0. The standard InChI is InChI=1S/C26H31FN4O2/c27-21-9-7-20(8-10-21)25(26(33)28-22-11-12-22)30-16-14-29(15-17-30)18-24(32)31-13-3-5-19-4-1-2-6-23(19)31/h1-2,4,6-10,22,25H,3,5,11-18H2,(H,28,33). The molecule has 0 aromatic heterocycles. The highest BCUT2D eigenvalue weighted by Crippen LogP contribution is 2.28. The van der Waals surface area contributed by atoms with Gasteiger partial charge >= 0.3 is 0 Å². The first-order valence-electron chi connectivity index (χ1n) is 12.0.